The van der Waals surface area contributed by atoms with Crippen LogP contribution in [0.2, 0.25) is 0 Å². The van der Waals surface area contributed by atoms with Crippen molar-refractivity contribution in [2.24, 2.45) is 0 Å². The van der Waals surface area contributed by atoms with Crippen molar-refractivity contribution in [2.75, 3.05) is 17.7 Å². The molecule has 1 unspecified atom stereocenters. The van der Waals surface area contributed by atoms with Gasteiger partial charge >= 0.3 is 0 Å². The Hall–Kier alpha value is -1.68. The van der Waals surface area contributed by atoms with Gasteiger partial charge in [0.1, 0.15) is 11.6 Å². The van der Waals surface area contributed by atoms with Crippen LogP contribution in [0.15, 0.2) is 47.4 Å². The summed E-state index contributed by atoms with van der Waals surface area (Å²) in [5.41, 5.74) is 2.09. The molecular weight excluding hydrogens is 285 g/mol. The Kier molecular flexibility index (Phi) is 4.34. The molecule has 1 heterocycles. The lowest BCUT2D eigenvalue weighted by molar-refractivity contribution is 0.340. The quantitative estimate of drug-likeness (QED) is 0.870. The fraction of sp³-hybridized carbons (Fsp3) is 0.294. The van der Waals surface area contributed by atoms with E-state index in [2.05, 4.69) is 5.32 Å². The molecule has 0 saturated heterocycles. The molecule has 0 spiro atoms. The summed E-state index contributed by atoms with van der Waals surface area (Å²) < 4.78 is 19.3. The molecule has 0 saturated carbocycles. The third-order valence-corrected chi connectivity index (χ3v) is 4.69. The first kappa shape index (κ1) is 14.3. The molecule has 2 nitrogen and oxygen atoms in total. The maximum absolute atomic E-state index is 13.9. The van der Waals surface area contributed by atoms with Gasteiger partial charge in [-0.1, -0.05) is 12.1 Å². The molecule has 2 aromatic carbocycles. The van der Waals surface area contributed by atoms with Crippen molar-refractivity contribution in [3.8, 4) is 5.75 Å². The van der Waals surface area contributed by atoms with Crippen LogP contribution in [0.5, 0.6) is 5.75 Å². The summed E-state index contributed by atoms with van der Waals surface area (Å²) >= 11 is 1.60. The highest BCUT2D eigenvalue weighted by Crippen LogP contribution is 2.39. The van der Waals surface area contributed by atoms with Crippen LogP contribution in [-0.2, 0) is 0 Å². The van der Waals surface area contributed by atoms with Gasteiger partial charge in [-0.3, -0.25) is 0 Å². The van der Waals surface area contributed by atoms with E-state index in [1.165, 1.54) is 6.07 Å². The molecule has 0 aromatic heterocycles. The van der Waals surface area contributed by atoms with E-state index in [-0.39, 0.29) is 11.9 Å². The number of thioether (sulfide) groups is 1. The zero-order valence-corrected chi connectivity index (χ0v) is 12.8. The summed E-state index contributed by atoms with van der Waals surface area (Å²) in [6, 6.07) is 13.4. The van der Waals surface area contributed by atoms with Gasteiger partial charge in [0.15, 0.2) is 0 Å². The number of benzene rings is 2. The van der Waals surface area contributed by atoms with Gasteiger partial charge in [-0.15, -0.1) is 11.8 Å². The van der Waals surface area contributed by atoms with Crippen LogP contribution in [-0.4, -0.2) is 12.4 Å². The highest BCUT2D eigenvalue weighted by molar-refractivity contribution is 7.99. The van der Waals surface area contributed by atoms with Crippen molar-refractivity contribution < 1.29 is 9.13 Å². The van der Waals surface area contributed by atoms with E-state index in [4.69, 9.17) is 4.74 Å². The Balaban J connectivity index is 1.78. The van der Waals surface area contributed by atoms with Crippen LogP contribution in [0.4, 0.5) is 10.1 Å². The molecule has 0 amide bonds. The molecule has 1 aliphatic rings. The van der Waals surface area contributed by atoms with Crippen LogP contribution in [0.25, 0.3) is 0 Å². The molecular formula is C17H18FNOS. The number of hydrogen-bond donors (Lipinski definition) is 1. The van der Waals surface area contributed by atoms with Gasteiger partial charge in [0.25, 0.3) is 0 Å². The molecule has 0 aliphatic carbocycles. The molecule has 0 radical (unpaired) electrons. The first-order valence-electron chi connectivity index (χ1n) is 7.18. The molecule has 21 heavy (non-hydrogen) atoms. The minimum absolute atomic E-state index is 0.115. The zero-order valence-electron chi connectivity index (χ0n) is 11.9. The van der Waals surface area contributed by atoms with E-state index in [1.54, 1.807) is 17.8 Å². The van der Waals surface area contributed by atoms with Gasteiger partial charge in [0.2, 0.25) is 0 Å². The minimum Gasteiger partial charge on any atom is -0.494 e. The molecule has 2 aromatic rings. The van der Waals surface area contributed by atoms with E-state index in [9.17, 15) is 4.39 Å². The third-order valence-electron chi connectivity index (χ3n) is 3.53. The summed E-state index contributed by atoms with van der Waals surface area (Å²) in [6.07, 6.45) is 0.994. The van der Waals surface area contributed by atoms with Gasteiger partial charge < -0.3 is 10.1 Å². The molecule has 1 atom stereocenters. The molecule has 0 fully saturated rings. The van der Waals surface area contributed by atoms with Gasteiger partial charge in [-0.25, -0.2) is 4.39 Å². The Morgan fingerprint density at radius 2 is 2.05 bits per heavy atom. The summed E-state index contributed by atoms with van der Waals surface area (Å²) in [4.78, 5) is 0.784. The Morgan fingerprint density at radius 1 is 1.24 bits per heavy atom. The van der Waals surface area contributed by atoms with Crippen LogP contribution < -0.4 is 10.1 Å². The first-order chi connectivity index (χ1) is 10.3. The molecule has 1 aliphatic heterocycles. The van der Waals surface area contributed by atoms with Gasteiger partial charge in [0, 0.05) is 16.3 Å². The Morgan fingerprint density at radius 3 is 2.81 bits per heavy atom. The van der Waals surface area contributed by atoms with E-state index in [0.29, 0.717) is 6.61 Å². The second kappa shape index (κ2) is 6.39. The van der Waals surface area contributed by atoms with Crippen LogP contribution in [0.1, 0.15) is 24.9 Å². The van der Waals surface area contributed by atoms with Gasteiger partial charge in [-0.05, 0) is 49.2 Å². The van der Waals surface area contributed by atoms with Crippen molar-refractivity contribution in [2.45, 2.75) is 24.3 Å². The number of anilines is 1. The van der Waals surface area contributed by atoms with Crippen molar-refractivity contribution >= 4 is 17.4 Å². The van der Waals surface area contributed by atoms with Crippen molar-refractivity contribution in [3.63, 3.8) is 0 Å². The number of nitrogens with one attached hydrogen (secondary N) is 1. The number of ether oxygens (including phenoxy) is 1. The lowest BCUT2D eigenvalue weighted by Gasteiger charge is -2.27. The van der Waals surface area contributed by atoms with E-state index in [1.807, 2.05) is 37.3 Å². The molecule has 0 bridgehead atoms. The lowest BCUT2D eigenvalue weighted by Crippen LogP contribution is -2.16. The predicted octanol–water partition coefficient (Wildman–Crippen LogP) is 4.87. The highest BCUT2D eigenvalue weighted by atomic mass is 32.2. The summed E-state index contributed by atoms with van der Waals surface area (Å²) in [5.74, 6) is 1.69. The fourth-order valence-electron chi connectivity index (χ4n) is 2.55. The maximum Gasteiger partial charge on any atom is 0.137 e. The van der Waals surface area contributed by atoms with Crippen molar-refractivity contribution in [3.05, 3.63) is 53.8 Å². The Bertz CT molecular complexity index is 615. The number of fused-ring (bicyclic) bond motifs is 1. The fourth-order valence-corrected chi connectivity index (χ4v) is 3.69. The lowest BCUT2D eigenvalue weighted by atomic mass is 10.0. The van der Waals surface area contributed by atoms with Crippen LogP contribution in [0, 0.1) is 5.82 Å². The average Bonchev–Trinajstić information content (AvgIpc) is 2.51. The monoisotopic (exact) mass is 303 g/mol. The molecule has 110 valence electrons. The standard InChI is InChI=1S/C17H18FNOS/c1-2-20-13-8-6-12(7-9-13)19-16-10-11-21-17-14(16)4-3-5-15(17)18/h3-9,16,19H,2,10-11H2,1H3. The third kappa shape index (κ3) is 3.16. The molecule has 3 rings (SSSR count). The Labute approximate surface area is 128 Å². The smallest absolute Gasteiger partial charge is 0.137 e. The number of halogens is 1. The number of hydrogen-bond acceptors (Lipinski definition) is 3. The van der Waals surface area contributed by atoms with Crippen molar-refractivity contribution in [1.29, 1.82) is 0 Å². The second-order valence-electron chi connectivity index (χ2n) is 4.95. The van der Waals surface area contributed by atoms with E-state index >= 15 is 0 Å². The summed E-state index contributed by atoms with van der Waals surface area (Å²) in [5, 5.41) is 3.50. The van der Waals surface area contributed by atoms with E-state index in [0.717, 1.165) is 34.1 Å². The average molecular weight is 303 g/mol. The zero-order chi connectivity index (χ0) is 14.7. The van der Waals surface area contributed by atoms with E-state index < -0.39 is 0 Å². The van der Waals surface area contributed by atoms with Crippen LogP contribution >= 0.6 is 11.8 Å². The normalized spacial score (nSPS) is 17.1. The largest absolute Gasteiger partial charge is 0.494 e. The maximum atomic E-state index is 13.9. The number of rotatable bonds is 4. The summed E-state index contributed by atoms with van der Waals surface area (Å²) in [6.45, 7) is 2.64. The summed E-state index contributed by atoms with van der Waals surface area (Å²) in [7, 11) is 0. The highest BCUT2D eigenvalue weighted by Gasteiger charge is 2.22. The second-order valence-corrected chi connectivity index (χ2v) is 6.05. The first-order valence-corrected chi connectivity index (χ1v) is 8.17. The van der Waals surface area contributed by atoms with Crippen LogP contribution in [0.3, 0.4) is 0 Å². The SMILES string of the molecule is CCOc1ccc(NC2CCSc3c(F)cccc32)cc1. The topological polar surface area (TPSA) is 21.3 Å². The predicted molar refractivity (Wildman–Crippen MR) is 85.7 cm³/mol. The van der Waals surface area contributed by atoms with Crippen molar-refractivity contribution in [1.82, 2.24) is 0 Å². The van der Waals surface area contributed by atoms with Gasteiger partial charge in [-0.2, -0.15) is 0 Å². The molecule has 1 N–H and O–H groups in total. The molecule has 4 heteroatoms. The van der Waals surface area contributed by atoms with Gasteiger partial charge in [0.05, 0.1) is 12.6 Å². The minimum atomic E-state index is -0.115.